The molecular weight excluding hydrogens is 180 g/mol. The summed E-state index contributed by atoms with van der Waals surface area (Å²) in [6.45, 7) is 6.39. The molecule has 1 rings (SSSR count). The van der Waals surface area contributed by atoms with Crippen LogP contribution in [0.4, 0.5) is 0 Å². The smallest absolute Gasteiger partial charge is 0.224 e. The molecule has 1 unspecified atom stereocenters. The average Bonchev–Trinajstić information content (AvgIpc) is 2.60. The summed E-state index contributed by atoms with van der Waals surface area (Å²) in [6, 6.07) is 0. The molecule has 1 aliphatic rings. The van der Waals surface area contributed by atoms with Crippen molar-refractivity contribution in [3.63, 3.8) is 0 Å². The molecular formula is C10H20N2O2. The van der Waals surface area contributed by atoms with Gasteiger partial charge in [0.05, 0.1) is 5.92 Å². The molecule has 0 spiro atoms. The Hall–Kier alpha value is -0.610. The van der Waals surface area contributed by atoms with Crippen molar-refractivity contribution in [1.82, 2.24) is 10.6 Å². The lowest BCUT2D eigenvalue weighted by molar-refractivity contribution is -0.125. The van der Waals surface area contributed by atoms with Gasteiger partial charge in [-0.15, -0.1) is 0 Å². The third kappa shape index (κ3) is 2.96. The van der Waals surface area contributed by atoms with Crippen LogP contribution in [-0.4, -0.2) is 37.3 Å². The molecule has 0 aromatic carbocycles. The van der Waals surface area contributed by atoms with Crippen LogP contribution < -0.4 is 10.6 Å². The number of aliphatic hydroxyl groups excluding tert-OH is 1. The van der Waals surface area contributed by atoms with Gasteiger partial charge in [0.2, 0.25) is 5.91 Å². The maximum atomic E-state index is 11.6. The van der Waals surface area contributed by atoms with Gasteiger partial charge in [0.1, 0.15) is 0 Å². The number of nitrogens with one attached hydrogen (secondary N) is 2. The van der Waals surface area contributed by atoms with E-state index in [4.69, 9.17) is 5.11 Å². The summed E-state index contributed by atoms with van der Waals surface area (Å²) >= 11 is 0. The molecule has 0 bridgehead atoms. The lowest BCUT2D eigenvalue weighted by Gasteiger charge is -2.15. The van der Waals surface area contributed by atoms with Crippen LogP contribution in [0.1, 0.15) is 13.8 Å². The zero-order valence-electron chi connectivity index (χ0n) is 8.92. The van der Waals surface area contributed by atoms with Gasteiger partial charge in [-0.25, -0.2) is 0 Å². The summed E-state index contributed by atoms with van der Waals surface area (Å²) in [5, 5.41) is 14.9. The molecule has 0 aliphatic carbocycles. The first-order valence-corrected chi connectivity index (χ1v) is 5.24. The van der Waals surface area contributed by atoms with Gasteiger partial charge in [0.25, 0.3) is 0 Å². The fourth-order valence-electron chi connectivity index (χ4n) is 1.63. The molecule has 0 radical (unpaired) electrons. The minimum Gasteiger partial charge on any atom is -0.396 e. The second-order valence-electron chi connectivity index (χ2n) is 4.27. The number of hydrogen-bond donors (Lipinski definition) is 3. The van der Waals surface area contributed by atoms with Crippen molar-refractivity contribution in [2.24, 2.45) is 17.8 Å². The van der Waals surface area contributed by atoms with Crippen molar-refractivity contribution >= 4 is 5.91 Å². The van der Waals surface area contributed by atoms with E-state index < -0.39 is 0 Å². The highest BCUT2D eigenvalue weighted by Crippen LogP contribution is 2.15. The first-order valence-electron chi connectivity index (χ1n) is 5.24. The summed E-state index contributed by atoms with van der Waals surface area (Å²) in [5.41, 5.74) is 0. The Morgan fingerprint density at radius 3 is 2.86 bits per heavy atom. The van der Waals surface area contributed by atoms with Gasteiger partial charge in [-0.05, 0) is 18.4 Å². The van der Waals surface area contributed by atoms with E-state index in [9.17, 15) is 4.79 Å². The molecule has 4 heteroatoms. The highest BCUT2D eigenvalue weighted by Gasteiger charge is 2.29. The number of carbonyl (C=O) groups is 1. The Bertz CT molecular complexity index is 197. The monoisotopic (exact) mass is 200 g/mol. The third-order valence-electron chi connectivity index (χ3n) is 2.79. The SMILES string of the molecule is CC(CO)CNC(=O)[C@@H]1CNC[C@H]1C. The van der Waals surface area contributed by atoms with Crippen LogP contribution in [0.5, 0.6) is 0 Å². The molecule has 3 N–H and O–H groups in total. The van der Waals surface area contributed by atoms with Crippen LogP contribution in [0, 0.1) is 17.8 Å². The maximum absolute atomic E-state index is 11.6. The summed E-state index contributed by atoms with van der Waals surface area (Å²) < 4.78 is 0. The molecule has 4 nitrogen and oxygen atoms in total. The zero-order valence-corrected chi connectivity index (χ0v) is 8.92. The number of carbonyl (C=O) groups excluding carboxylic acids is 1. The third-order valence-corrected chi connectivity index (χ3v) is 2.79. The second kappa shape index (κ2) is 5.32. The van der Waals surface area contributed by atoms with Gasteiger partial charge >= 0.3 is 0 Å². The van der Waals surface area contributed by atoms with Gasteiger partial charge in [-0.2, -0.15) is 0 Å². The van der Waals surface area contributed by atoms with Crippen molar-refractivity contribution in [1.29, 1.82) is 0 Å². The van der Waals surface area contributed by atoms with Gasteiger partial charge in [-0.1, -0.05) is 13.8 Å². The van der Waals surface area contributed by atoms with Crippen LogP contribution >= 0.6 is 0 Å². The van der Waals surface area contributed by atoms with Crippen molar-refractivity contribution < 1.29 is 9.90 Å². The Morgan fingerprint density at radius 2 is 2.36 bits per heavy atom. The molecule has 3 atom stereocenters. The first-order chi connectivity index (χ1) is 6.65. The van der Waals surface area contributed by atoms with Crippen molar-refractivity contribution in [2.45, 2.75) is 13.8 Å². The van der Waals surface area contributed by atoms with Gasteiger partial charge in [-0.3, -0.25) is 4.79 Å². The number of hydrogen-bond acceptors (Lipinski definition) is 3. The van der Waals surface area contributed by atoms with E-state index in [0.717, 1.165) is 13.1 Å². The minimum absolute atomic E-state index is 0.0980. The lowest BCUT2D eigenvalue weighted by Crippen LogP contribution is -2.37. The van der Waals surface area contributed by atoms with Crippen LogP contribution in [0.2, 0.25) is 0 Å². The topological polar surface area (TPSA) is 61.4 Å². The standard InChI is InChI=1S/C10H20N2O2/c1-7(6-13)3-12-10(14)9-5-11-4-8(9)2/h7-9,11,13H,3-6H2,1-2H3,(H,12,14)/t7?,8-,9-/m1/s1. The van der Waals surface area contributed by atoms with Crippen molar-refractivity contribution in [3.05, 3.63) is 0 Å². The highest BCUT2D eigenvalue weighted by atomic mass is 16.3. The molecule has 0 aromatic rings. The minimum atomic E-state index is 0.0980. The van der Waals surface area contributed by atoms with Gasteiger partial charge < -0.3 is 15.7 Å². The van der Waals surface area contributed by atoms with E-state index in [0.29, 0.717) is 12.5 Å². The Kier molecular flexibility index (Phi) is 4.35. The van der Waals surface area contributed by atoms with Crippen LogP contribution in [0.15, 0.2) is 0 Å². The van der Waals surface area contributed by atoms with E-state index in [1.807, 2.05) is 6.92 Å². The predicted molar refractivity (Wildman–Crippen MR) is 54.8 cm³/mol. The average molecular weight is 200 g/mol. The largest absolute Gasteiger partial charge is 0.396 e. The lowest BCUT2D eigenvalue weighted by atomic mass is 9.97. The normalized spacial score (nSPS) is 28.8. The summed E-state index contributed by atoms with van der Waals surface area (Å²) in [5.74, 6) is 0.770. The molecule has 1 fully saturated rings. The summed E-state index contributed by atoms with van der Waals surface area (Å²) in [6.07, 6.45) is 0. The van der Waals surface area contributed by atoms with Crippen molar-refractivity contribution in [2.75, 3.05) is 26.2 Å². The molecule has 1 heterocycles. The fourth-order valence-corrected chi connectivity index (χ4v) is 1.63. The van der Waals surface area contributed by atoms with E-state index in [2.05, 4.69) is 17.6 Å². The number of amides is 1. The van der Waals surface area contributed by atoms with Crippen molar-refractivity contribution in [3.8, 4) is 0 Å². The van der Waals surface area contributed by atoms with Gasteiger partial charge in [0, 0.05) is 19.7 Å². The number of aliphatic hydroxyl groups is 1. The van der Waals surface area contributed by atoms with Crippen LogP contribution in [0.3, 0.4) is 0 Å². The molecule has 1 aliphatic heterocycles. The quantitative estimate of drug-likeness (QED) is 0.578. The van der Waals surface area contributed by atoms with E-state index in [-0.39, 0.29) is 24.3 Å². The molecule has 0 saturated carbocycles. The Balaban J connectivity index is 2.27. The number of rotatable bonds is 4. The summed E-state index contributed by atoms with van der Waals surface area (Å²) in [4.78, 5) is 11.6. The molecule has 1 saturated heterocycles. The van der Waals surface area contributed by atoms with Crippen LogP contribution in [0.25, 0.3) is 0 Å². The first kappa shape index (κ1) is 11.5. The predicted octanol–water partition coefficient (Wildman–Crippen LogP) is -0.413. The molecule has 82 valence electrons. The Labute approximate surface area is 85.1 Å². The van der Waals surface area contributed by atoms with E-state index in [1.54, 1.807) is 0 Å². The van der Waals surface area contributed by atoms with E-state index >= 15 is 0 Å². The van der Waals surface area contributed by atoms with E-state index in [1.165, 1.54) is 0 Å². The zero-order chi connectivity index (χ0) is 10.6. The fraction of sp³-hybridized carbons (Fsp3) is 0.900. The Morgan fingerprint density at radius 1 is 1.64 bits per heavy atom. The molecule has 1 amide bonds. The van der Waals surface area contributed by atoms with Gasteiger partial charge in [0.15, 0.2) is 0 Å². The summed E-state index contributed by atoms with van der Waals surface area (Å²) in [7, 11) is 0. The van der Waals surface area contributed by atoms with Crippen LogP contribution in [-0.2, 0) is 4.79 Å². The maximum Gasteiger partial charge on any atom is 0.224 e. The molecule has 14 heavy (non-hydrogen) atoms. The second-order valence-corrected chi connectivity index (χ2v) is 4.27. The highest BCUT2D eigenvalue weighted by molar-refractivity contribution is 5.79. The molecule has 0 aromatic heterocycles.